The lowest BCUT2D eigenvalue weighted by Crippen LogP contribution is -2.49. The van der Waals surface area contributed by atoms with Crippen molar-refractivity contribution in [3.63, 3.8) is 0 Å². The Morgan fingerprint density at radius 2 is 1.70 bits per heavy atom. The van der Waals surface area contributed by atoms with Gasteiger partial charge in [-0.1, -0.05) is 48.5 Å². The summed E-state index contributed by atoms with van der Waals surface area (Å²) in [4.78, 5) is 25.4. The molecule has 0 aliphatic heterocycles. The molecule has 30 heavy (non-hydrogen) atoms. The van der Waals surface area contributed by atoms with Crippen LogP contribution >= 0.6 is 11.3 Å². The minimum atomic E-state index is -1.40. The molecule has 0 fully saturated rings. The van der Waals surface area contributed by atoms with Crippen LogP contribution in [0.4, 0.5) is 0 Å². The van der Waals surface area contributed by atoms with E-state index in [0.717, 1.165) is 21.0 Å². The van der Waals surface area contributed by atoms with Crippen molar-refractivity contribution >= 4 is 44.1 Å². The average Bonchev–Trinajstić information content (AvgIpc) is 3.14. The second-order valence-electron chi connectivity index (χ2n) is 7.59. The summed E-state index contributed by atoms with van der Waals surface area (Å²) in [5.74, 6) is -1.15. The van der Waals surface area contributed by atoms with Crippen molar-refractivity contribution in [2.45, 2.75) is 26.0 Å². The molecule has 1 amide bonds. The number of benzene rings is 3. The number of carboxylic acids is 1. The van der Waals surface area contributed by atoms with Crippen LogP contribution in [0.5, 0.6) is 5.75 Å². The van der Waals surface area contributed by atoms with E-state index < -0.39 is 17.4 Å². The number of rotatable bonds is 6. The van der Waals surface area contributed by atoms with Crippen LogP contribution in [0.1, 0.15) is 29.1 Å². The first-order valence-corrected chi connectivity index (χ1v) is 10.3. The maximum atomic E-state index is 12.9. The van der Waals surface area contributed by atoms with E-state index in [0.29, 0.717) is 17.9 Å². The Balaban J connectivity index is 1.70. The van der Waals surface area contributed by atoms with Gasteiger partial charge in [-0.25, -0.2) is 4.79 Å². The van der Waals surface area contributed by atoms with Crippen LogP contribution in [0, 0.1) is 0 Å². The lowest BCUT2D eigenvalue weighted by molar-refractivity contribution is -0.143. The van der Waals surface area contributed by atoms with E-state index in [1.807, 2.05) is 42.5 Å². The van der Waals surface area contributed by atoms with Crippen LogP contribution in [0.3, 0.4) is 0 Å². The molecular weight excluding hydrogens is 398 g/mol. The van der Waals surface area contributed by atoms with Crippen LogP contribution in [-0.2, 0) is 11.4 Å². The molecule has 6 heteroatoms. The summed E-state index contributed by atoms with van der Waals surface area (Å²) in [7, 11) is 0. The van der Waals surface area contributed by atoms with Crippen LogP contribution < -0.4 is 10.1 Å². The zero-order chi connectivity index (χ0) is 21.3. The van der Waals surface area contributed by atoms with E-state index in [1.165, 1.54) is 18.5 Å². The van der Waals surface area contributed by atoms with Crippen molar-refractivity contribution in [3.05, 3.63) is 77.2 Å². The molecule has 0 saturated carbocycles. The van der Waals surface area contributed by atoms with E-state index in [2.05, 4.69) is 23.5 Å². The number of fused-ring (bicyclic) bond motifs is 2. The fourth-order valence-electron chi connectivity index (χ4n) is 3.23. The topological polar surface area (TPSA) is 75.6 Å². The first-order valence-electron chi connectivity index (χ1n) is 9.53. The Morgan fingerprint density at radius 1 is 1.00 bits per heavy atom. The summed E-state index contributed by atoms with van der Waals surface area (Å²) >= 11 is 1.65. The number of hydrogen-bond donors (Lipinski definition) is 2. The summed E-state index contributed by atoms with van der Waals surface area (Å²) in [6.45, 7) is 3.22. The monoisotopic (exact) mass is 419 g/mol. The normalized spacial score (nSPS) is 11.5. The number of carboxylic acid groups (broad SMARTS) is 1. The Bertz CT molecular complexity index is 1230. The summed E-state index contributed by atoms with van der Waals surface area (Å²) in [6, 6.07) is 21.4. The van der Waals surface area contributed by atoms with Gasteiger partial charge in [-0.2, -0.15) is 0 Å². The van der Waals surface area contributed by atoms with E-state index in [1.54, 1.807) is 17.4 Å². The van der Waals surface area contributed by atoms with Gasteiger partial charge in [0, 0.05) is 15.0 Å². The van der Waals surface area contributed by atoms with Gasteiger partial charge in [0.15, 0.2) is 0 Å². The SMILES string of the molecule is CC(C)(NC(=O)c1ccc2ccccc2c1OCc1cc2ccccc2s1)C(=O)O. The van der Waals surface area contributed by atoms with Gasteiger partial charge < -0.3 is 15.2 Å². The Hall–Kier alpha value is -3.38. The molecule has 2 N–H and O–H groups in total. The van der Waals surface area contributed by atoms with Crippen molar-refractivity contribution in [3.8, 4) is 5.75 Å². The van der Waals surface area contributed by atoms with E-state index in [9.17, 15) is 14.7 Å². The minimum Gasteiger partial charge on any atom is -0.487 e. The highest BCUT2D eigenvalue weighted by atomic mass is 32.1. The molecule has 4 aromatic rings. The number of nitrogens with one attached hydrogen (secondary N) is 1. The lowest BCUT2D eigenvalue weighted by Gasteiger charge is -2.22. The number of carbonyl (C=O) groups excluding carboxylic acids is 1. The maximum Gasteiger partial charge on any atom is 0.328 e. The molecule has 1 aromatic heterocycles. The zero-order valence-corrected chi connectivity index (χ0v) is 17.5. The highest BCUT2D eigenvalue weighted by Crippen LogP contribution is 2.32. The standard InChI is InChI=1S/C24H21NO4S/c1-24(2,23(27)28)25-22(26)19-12-11-15-7-3-5-9-18(15)21(19)29-14-17-13-16-8-4-6-10-20(16)30-17/h3-13H,14H2,1-2H3,(H,25,26)(H,27,28). The van der Waals surface area contributed by atoms with E-state index >= 15 is 0 Å². The fourth-order valence-corrected chi connectivity index (χ4v) is 4.21. The number of hydrogen-bond acceptors (Lipinski definition) is 4. The second kappa shape index (κ2) is 7.80. The molecule has 0 saturated heterocycles. The highest BCUT2D eigenvalue weighted by molar-refractivity contribution is 7.19. The van der Waals surface area contributed by atoms with E-state index in [4.69, 9.17) is 4.74 Å². The van der Waals surface area contributed by atoms with Crippen molar-refractivity contribution < 1.29 is 19.4 Å². The third kappa shape index (κ3) is 3.86. The minimum absolute atomic E-state index is 0.309. The fraction of sp³-hybridized carbons (Fsp3) is 0.167. The van der Waals surface area contributed by atoms with Gasteiger partial charge in [-0.05, 0) is 42.8 Å². The molecule has 5 nitrogen and oxygen atoms in total. The van der Waals surface area contributed by atoms with Gasteiger partial charge in [0.05, 0.1) is 5.56 Å². The number of ether oxygens (including phenoxy) is 1. The number of carbonyl (C=O) groups is 2. The molecule has 3 aromatic carbocycles. The Morgan fingerprint density at radius 3 is 2.43 bits per heavy atom. The average molecular weight is 420 g/mol. The van der Waals surface area contributed by atoms with Crippen LogP contribution in [0.25, 0.3) is 20.9 Å². The summed E-state index contributed by atoms with van der Waals surface area (Å²) in [5, 5.41) is 14.8. The molecule has 4 rings (SSSR count). The predicted molar refractivity (Wildman–Crippen MR) is 119 cm³/mol. The maximum absolute atomic E-state index is 12.9. The molecule has 0 bridgehead atoms. The zero-order valence-electron chi connectivity index (χ0n) is 16.6. The third-order valence-corrected chi connectivity index (χ3v) is 6.01. The van der Waals surface area contributed by atoms with Crippen LogP contribution in [0.15, 0.2) is 66.7 Å². The molecular formula is C24H21NO4S. The van der Waals surface area contributed by atoms with Gasteiger partial charge in [-0.15, -0.1) is 11.3 Å². The van der Waals surface area contributed by atoms with Crippen molar-refractivity contribution in [2.75, 3.05) is 0 Å². The van der Waals surface area contributed by atoms with Crippen molar-refractivity contribution in [2.24, 2.45) is 0 Å². The highest BCUT2D eigenvalue weighted by Gasteiger charge is 2.30. The third-order valence-electron chi connectivity index (χ3n) is 4.92. The molecule has 0 aliphatic rings. The van der Waals surface area contributed by atoms with Gasteiger partial charge in [-0.3, -0.25) is 4.79 Å². The number of aliphatic carboxylic acids is 1. The van der Waals surface area contributed by atoms with Gasteiger partial charge in [0.2, 0.25) is 0 Å². The first kappa shape index (κ1) is 19.9. The first-order chi connectivity index (χ1) is 14.3. The quantitative estimate of drug-likeness (QED) is 0.449. The van der Waals surface area contributed by atoms with Crippen LogP contribution in [-0.4, -0.2) is 22.5 Å². The van der Waals surface area contributed by atoms with Crippen molar-refractivity contribution in [1.29, 1.82) is 0 Å². The summed E-state index contributed by atoms with van der Waals surface area (Å²) in [6.07, 6.45) is 0. The lowest BCUT2D eigenvalue weighted by atomic mass is 10.0. The predicted octanol–water partition coefficient (Wildman–Crippen LogP) is 5.23. The molecule has 1 heterocycles. The second-order valence-corrected chi connectivity index (χ2v) is 8.76. The molecule has 152 valence electrons. The number of amides is 1. The van der Waals surface area contributed by atoms with Gasteiger partial charge in [0.25, 0.3) is 5.91 Å². The molecule has 0 aliphatic carbocycles. The number of thiophene rings is 1. The van der Waals surface area contributed by atoms with Gasteiger partial charge >= 0.3 is 5.97 Å². The molecule has 0 unspecified atom stereocenters. The summed E-state index contributed by atoms with van der Waals surface area (Å²) in [5.41, 5.74) is -1.09. The van der Waals surface area contributed by atoms with E-state index in [-0.39, 0.29) is 0 Å². The molecule has 0 radical (unpaired) electrons. The molecule has 0 atom stereocenters. The molecule has 0 spiro atoms. The largest absolute Gasteiger partial charge is 0.487 e. The van der Waals surface area contributed by atoms with Crippen LogP contribution in [0.2, 0.25) is 0 Å². The van der Waals surface area contributed by atoms with Crippen molar-refractivity contribution in [1.82, 2.24) is 5.32 Å². The summed E-state index contributed by atoms with van der Waals surface area (Å²) < 4.78 is 7.34. The smallest absolute Gasteiger partial charge is 0.328 e. The Kier molecular flexibility index (Phi) is 5.18. The Labute approximate surface area is 177 Å². The van der Waals surface area contributed by atoms with Gasteiger partial charge in [0.1, 0.15) is 17.9 Å².